The predicted octanol–water partition coefficient (Wildman–Crippen LogP) is 1.56. The quantitative estimate of drug-likeness (QED) is 0.534. The van der Waals surface area contributed by atoms with Crippen LogP contribution in [0.4, 0.5) is 5.69 Å². The summed E-state index contributed by atoms with van der Waals surface area (Å²) >= 11 is 0. The fourth-order valence-electron chi connectivity index (χ4n) is 2.29. The molecule has 0 fully saturated rings. The van der Waals surface area contributed by atoms with Crippen molar-refractivity contribution in [3.63, 3.8) is 0 Å². The van der Waals surface area contributed by atoms with E-state index in [2.05, 4.69) is 29.2 Å². The minimum atomic E-state index is -0.0295. The van der Waals surface area contributed by atoms with Crippen LogP contribution < -0.4 is 11.3 Å². The van der Waals surface area contributed by atoms with Gasteiger partial charge >= 0.3 is 0 Å². The number of pyridine rings is 1. The molecule has 21 heavy (non-hydrogen) atoms. The molecule has 1 amide bonds. The average Bonchev–Trinajstić information content (AvgIpc) is 2.54. The lowest BCUT2D eigenvalue weighted by Crippen LogP contribution is -2.35. The lowest BCUT2D eigenvalue weighted by molar-refractivity contribution is 0.0758. The molecule has 1 aromatic heterocycles. The molecule has 0 saturated heterocycles. The molecule has 118 valence electrons. The summed E-state index contributed by atoms with van der Waals surface area (Å²) in [5.74, 6) is 5.42. The predicted molar refractivity (Wildman–Crippen MR) is 86.0 cm³/mol. The molecule has 3 N–H and O–H groups in total. The van der Waals surface area contributed by atoms with Crippen molar-refractivity contribution in [2.75, 3.05) is 38.1 Å². The topological polar surface area (TPSA) is 74.5 Å². The number of nitrogens with one attached hydrogen (secondary N) is 1. The monoisotopic (exact) mass is 293 g/mol. The summed E-state index contributed by atoms with van der Waals surface area (Å²) in [6.07, 6.45) is 4.14. The summed E-state index contributed by atoms with van der Waals surface area (Å²) in [4.78, 5) is 20.8. The molecule has 0 aliphatic rings. The van der Waals surface area contributed by atoms with Gasteiger partial charge in [-0.25, -0.2) is 0 Å². The molecule has 0 bridgehead atoms. The zero-order valence-electron chi connectivity index (χ0n) is 13.3. The second-order valence-corrected chi connectivity index (χ2v) is 4.83. The normalized spacial score (nSPS) is 10.7. The number of carbonyl (C=O) groups excluding carboxylic acids is 1. The van der Waals surface area contributed by atoms with Crippen molar-refractivity contribution in [1.29, 1.82) is 0 Å². The van der Waals surface area contributed by atoms with Crippen LogP contribution in [0.15, 0.2) is 18.5 Å². The molecule has 1 heterocycles. The Morgan fingerprint density at radius 1 is 1.24 bits per heavy atom. The number of nitrogen functional groups attached to an aromatic ring is 1. The van der Waals surface area contributed by atoms with E-state index in [0.717, 1.165) is 32.6 Å². The highest BCUT2D eigenvalue weighted by Gasteiger charge is 2.17. The van der Waals surface area contributed by atoms with Crippen LogP contribution in [0.25, 0.3) is 0 Å². The molecule has 0 aliphatic heterocycles. The van der Waals surface area contributed by atoms with Crippen molar-refractivity contribution in [3.05, 3.63) is 24.0 Å². The van der Waals surface area contributed by atoms with Gasteiger partial charge in [-0.15, -0.1) is 0 Å². The first-order valence-corrected chi connectivity index (χ1v) is 7.60. The van der Waals surface area contributed by atoms with Crippen LogP contribution in [0.2, 0.25) is 0 Å². The van der Waals surface area contributed by atoms with Crippen molar-refractivity contribution < 1.29 is 4.79 Å². The number of rotatable bonds is 9. The molecular weight excluding hydrogens is 266 g/mol. The summed E-state index contributed by atoms with van der Waals surface area (Å²) in [7, 11) is 0. The van der Waals surface area contributed by atoms with E-state index in [1.54, 1.807) is 18.5 Å². The van der Waals surface area contributed by atoms with Gasteiger partial charge in [0.25, 0.3) is 5.91 Å². The molecule has 0 radical (unpaired) electrons. The van der Waals surface area contributed by atoms with Gasteiger partial charge in [-0.2, -0.15) is 0 Å². The lowest BCUT2D eigenvalue weighted by atomic mass is 10.2. The van der Waals surface area contributed by atoms with Crippen molar-refractivity contribution in [2.24, 2.45) is 5.84 Å². The molecule has 6 heteroatoms. The highest BCUT2D eigenvalue weighted by atomic mass is 16.2. The first-order chi connectivity index (χ1) is 10.2. The Hall–Kier alpha value is -1.66. The van der Waals surface area contributed by atoms with Crippen LogP contribution in [0, 0.1) is 0 Å². The van der Waals surface area contributed by atoms with Crippen LogP contribution in [-0.4, -0.2) is 53.4 Å². The third-order valence-corrected chi connectivity index (χ3v) is 3.67. The molecule has 0 spiro atoms. The van der Waals surface area contributed by atoms with Gasteiger partial charge in [-0.3, -0.25) is 15.6 Å². The van der Waals surface area contributed by atoms with E-state index in [4.69, 9.17) is 5.84 Å². The third-order valence-electron chi connectivity index (χ3n) is 3.67. The van der Waals surface area contributed by atoms with E-state index >= 15 is 0 Å². The number of carbonyl (C=O) groups is 1. The van der Waals surface area contributed by atoms with Gasteiger partial charge in [0.1, 0.15) is 0 Å². The van der Waals surface area contributed by atoms with Crippen LogP contribution in [-0.2, 0) is 0 Å². The van der Waals surface area contributed by atoms with Crippen LogP contribution in [0.1, 0.15) is 37.6 Å². The molecule has 6 nitrogen and oxygen atoms in total. The smallest absolute Gasteiger partial charge is 0.257 e. The highest BCUT2D eigenvalue weighted by Crippen LogP contribution is 2.15. The Labute approximate surface area is 127 Å². The molecule has 0 aliphatic carbocycles. The maximum atomic E-state index is 12.5. The summed E-state index contributed by atoms with van der Waals surface area (Å²) in [6, 6.07) is 1.71. The van der Waals surface area contributed by atoms with Crippen molar-refractivity contribution in [3.8, 4) is 0 Å². The summed E-state index contributed by atoms with van der Waals surface area (Å²) in [5.41, 5.74) is 3.68. The van der Waals surface area contributed by atoms with Crippen LogP contribution in [0.3, 0.4) is 0 Å². The van der Waals surface area contributed by atoms with Gasteiger partial charge in [0.05, 0.1) is 11.3 Å². The zero-order chi connectivity index (χ0) is 15.7. The number of aromatic nitrogens is 1. The number of anilines is 1. The molecular formula is C15H27N5O. The SMILES string of the molecule is CCN(CC)CCCN(CC)C(=O)c1cnccc1NN. The van der Waals surface area contributed by atoms with Crippen LogP contribution >= 0.6 is 0 Å². The van der Waals surface area contributed by atoms with Gasteiger partial charge in [-0.1, -0.05) is 13.8 Å². The Balaban J connectivity index is 2.65. The van der Waals surface area contributed by atoms with Crippen molar-refractivity contribution in [1.82, 2.24) is 14.8 Å². The minimum Gasteiger partial charge on any atom is -0.339 e. The number of amides is 1. The molecule has 1 aromatic rings. The van der Waals surface area contributed by atoms with Gasteiger partial charge in [0.2, 0.25) is 0 Å². The van der Waals surface area contributed by atoms with E-state index in [0.29, 0.717) is 17.8 Å². The summed E-state index contributed by atoms with van der Waals surface area (Å²) < 4.78 is 0. The molecule has 0 saturated carbocycles. The number of hydrogen-bond donors (Lipinski definition) is 2. The van der Waals surface area contributed by atoms with Gasteiger partial charge in [0.15, 0.2) is 0 Å². The molecule has 0 aromatic carbocycles. The summed E-state index contributed by atoms with van der Waals surface area (Å²) in [5, 5.41) is 0. The Morgan fingerprint density at radius 2 is 1.95 bits per heavy atom. The van der Waals surface area contributed by atoms with E-state index in [1.165, 1.54) is 0 Å². The first kappa shape index (κ1) is 17.4. The summed E-state index contributed by atoms with van der Waals surface area (Å²) in [6.45, 7) is 10.8. The standard InChI is InChI=1S/C15H27N5O/c1-4-19(5-2)10-7-11-20(6-3)15(21)13-12-17-9-8-14(13)18-16/h8-9,12H,4-7,10-11,16H2,1-3H3,(H,17,18). The first-order valence-electron chi connectivity index (χ1n) is 7.60. The maximum Gasteiger partial charge on any atom is 0.257 e. The number of nitrogens with zero attached hydrogens (tertiary/aromatic N) is 3. The Kier molecular flexibility index (Phi) is 7.71. The molecule has 1 rings (SSSR count). The maximum absolute atomic E-state index is 12.5. The highest BCUT2D eigenvalue weighted by molar-refractivity contribution is 5.99. The zero-order valence-corrected chi connectivity index (χ0v) is 13.3. The van der Waals surface area contributed by atoms with E-state index in [1.807, 2.05) is 11.8 Å². The second-order valence-electron chi connectivity index (χ2n) is 4.83. The lowest BCUT2D eigenvalue weighted by Gasteiger charge is -2.24. The number of hydrogen-bond acceptors (Lipinski definition) is 5. The molecule has 0 atom stereocenters. The Bertz CT molecular complexity index is 434. The van der Waals surface area contributed by atoms with Gasteiger partial charge in [0, 0.05) is 25.5 Å². The van der Waals surface area contributed by atoms with E-state index in [-0.39, 0.29) is 5.91 Å². The van der Waals surface area contributed by atoms with E-state index < -0.39 is 0 Å². The number of nitrogens with two attached hydrogens (primary N) is 1. The van der Waals surface area contributed by atoms with Gasteiger partial charge in [-0.05, 0) is 39.0 Å². The van der Waals surface area contributed by atoms with Crippen molar-refractivity contribution >= 4 is 11.6 Å². The van der Waals surface area contributed by atoms with E-state index in [9.17, 15) is 4.79 Å². The van der Waals surface area contributed by atoms with Crippen LogP contribution in [0.5, 0.6) is 0 Å². The Morgan fingerprint density at radius 3 is 2.52 bits per heavy atom. The van der Waals surface area contributed by atoms with Gasteiger partial charge < -0.3 is 15.2 Å². The average molecular weight is 293 g/mol. The third kappa shape index (κ3) is 4.99. The fraction of sp³-hybridized carbons (Fsp3) is 0.600. The largest absolute Gasteiger partial charge is 0.339 e. The minimum absolute atomic E-state index is 0.0295. The number of hydrazine groups is 1. The molecule has 0 unspecified atom stereocenters. The fourth-order valence-corrected chi connectivity index (χ4v) is 2.29. The second kappa shape index (κ2) is 9.31. The van der Waals surface area contributed by atoms with Crippen molar-refractivity contribution in [2.45, 2.75) is 27.2 Å².